The maximum Gasteiger partial charge on any atom is 0.325 e. The number of imide groups is 1. The molecule has 8 heteroatoms. The predicted octanol–water partition coefficient (Wildman–Crippen LogP) is 3.27. The number of halogens is 2. The second-order valence-electron chi connectivity index (χ2n) is 6.12. The van der Waals surface area contributed by atoms with Crippen molar-refractivity contribution in [1.29, 1.82) is 0 Å². The van der Waals surface area contributed by atoms with Gasteiger partial charge in [0.15, 0.2) is 0 Å². The first-order chi connectivity index (χ1) is 12.9. The summed E-state index contributed by atoms with van der Waals surface area (Å²) in [6, 6.07) is 12.0. The van der Waals surface area contributed by atoms with Crippen molar-refractivity contribution < 1.29 is 18.8 Å². The summed E-state index contributed by atoms with van der Waals surface area (Å²) in [5.74, 6) is -1.92. The average Bonchev–Trinajstić information content (AvgIpc) is 2.90. The van der Waals surface area contributed by atoms with Crippen LogP contribution in [0.5, 0.6) is 0 Å². The van der Waals surface area contributed by atoms with Crippen LogP contribution in [0.3, 0.4) is 0 Å². The van der Waals surface area contributed by atoms with Gasteiger partial charge in [-0.2, -0.15) is 0 Å². The molecule has 4 amide bonds. The van der Waals surface area contributed by atoms with Gasteiger partial charge in [-0.05, 0) is 30.2 Å². The Kier molecular flexibility index (Phi) is 5.14. The molecule has 0 radical (unpaired) electrons. The summed E-state index contributed by atoms with van der Waals surface area (Å²) in [5.41, 5.74) is -0.664. The largest absolute Gasteiger partial charge is 0.325 e. The van der Waals surface area contributed by atoms with E-state index in [-0.39, 0.29) is 10.7 Å². The zero-order chi connectivity index (χ0) is 19.6. The average molecular weight is 390 g/mol. The molecule has 2 aromatic carbocycles. The van der Waals surface area contributed by atoms with Crippen LogP contribution in [0.2, 0.25) is 5.02 Å². The second-order valence-corrected chi connectivity index (χ2v) is 6.56. The Hall–Kier alpha value is -2.93. The van der Waals surface area contributed by atoms with Crippen molar-refractivity contribution in [2.75, 3.05) is 11.9 Å². The fraction of sp³-hybridized carbons (Fsp3) is 0.211. The summed E-state index contributed by atoms with van der Waals surface area (Å²) in [6.45, 7) is 1.25. The lowest BCUT2D eigenvalue weighted by Gasteiger charge is -2.25. The summed E-state index contributed by atoms with van der Waals surface area (Å²) in [5, 5.41) is 5.22. The highest BCUT2D eigenvalue weighted by Gasteiger charge is 2.51. The molecule has 2 N–H and O–H groups in total. The van der Waals surface area contributed by atoms with E-state index in [4.69, 9.17) is 11.6 Å². The fourth-order valence-corrected chi connectivity index (χ4v) is 3.21. The molecule has 6 nitrogen and oxygen atoms in total. The van der Waals surface area contributed by atoms with Crippen molar-refractivity contribution in [3.8, 4) is 0 Å². The highest BCUT2D eigenvalue weighted by Crippen LogP contribution is 2.32. The molecule has 27 heavy (non-hydrogen) atoms. The van der Waals surface area contributed by atoms with Crippen LogP contribution in [0, 0.1) is 5.82 Å². The third-order valence-electron chi connectivity index (χ3n) is 4.48. The predicted molar refractivity (Wildman–Crippen MR) is 98.7 cm³/mol. The van der Waals surface area contributed by atoms with Crippen LogP contribution >= 0.6 is 11.6 Å². The topological polar surface area (TPSA) is 78.5 Å². The van der Waals surface area contributed by atoms with Crippen LogP contribution in [0.15, 0.2) is 48.5 Å². The van der Waals surface area contributed by atoms with E-state index in [0.717, 1.165) is 11.0 Å². The van der Waals surface area contributed by atoms with E-state index in [0.29, 0.717) is 12.0 Å². The number of hydrogen-bond donors (Lipinski definition) is 2. The Morgan fingerprint density at radius 1 is 1.22 bits per heavy atom. The molecule has 0 bridgehead atoms. The Morgan fingerprint density at radius 2 is 1.93 bits per heavy atom. The molecule has 0 aromatic heterocycles. The summed E-state index contributed by atoms with van der Waals surface area (Å²) in [4.78, 5) is 38.4. The van der Waals surface area contributed by atoms with Crippen LogP contribution < -0.4 is 10.6 Å². The first-order valence-electron chi connectivity index (χ1n) is 8.32. The van der Waals surface area contributed by atoms with Crippen molar-refractivity contribution >= 4 is 35.1 Å². The van der Waals surface area contributed by atoms with E-state index in [9.17, 15) is 18.8 Å². The molecular weight excluding hydrogens is 373 g/mol. The van der Waals surface area contributed by atoms with E-state index >= 15 is 0 Å². The van der Waals surface area contributed by atoms with Gasteiger partial charge in [-0.25, -0.2) is 9.18 Å². The van der Waals surface area contributed by atoms with E-state index in [1.54, 1.807) is 37.3 Å². The van der Waals surface area contributed by atoms with Crippen molar-refractivity contribution in [1.82, 2.24) is 10.2 Å². The molecule has 3 rings (SSSR count). The number of nitrogens with zero attached hydrogens (tertiary/aromatic N) is 1. The van der Waals surface area contributed by atoms with Gasteiger partial charge in [-0.1, -0.05) is 48.9 Å². The highest BCUT2D eigenvalue weighted by atomic mass is 35.5. The molecular formula is C19H17ClFN3O3. The fourth-order valence-electron chi connectivity index (χ4n) is 3.06. The lowest BCUT2D eigenvalue weighted by Crippen LogP contribution is -2.44. The first kappa shape index (κ1) is 18.8. The van der Waals surface area contributed by atoms with Crippen LogP contribution in [0.25, 0.3) is 0 Å². The minimum absolute atomic E-state index is 0.0822. The smallest absolute Gasteiger partial charge is 0.322 e. The molecule has 140 valence electrons. The van der Waals surface area contributed by atoms with Crippen molar-refractivity contribution in [3.05, 3.63) is 64.9 Å². The van der Waals surface area contributed by atoms with E-state index in [2.05, 4.69) is 10.6 Å². The van der Waals surface area contributed by atoms with Crippen LogP contribution in [0.4, 0.5) is 14.9 Å². The Bertz CT molecular complexity index is 906. The summed E-state index contributed by atoms with van der Waals surface area (Å²) < 4.78 is 13.8. The molecule has 0 saturated carbocycles. The number of nitrogens with one attached hydrogen (secondary N) is 2. The molecule has 2 aromatic rings. The maximum absolute atomic E-state index is 13.8. The van der Waals surface area contributed by atoms with Crippen LogP contribution in [-0.4, -0.2) is 29.3 Å². The van der Waals surface area contributed by atoms with Gasteiger partial charge in [-0.3, -0.25) is 14.5 Å². The molecule has 1 heterocycles. The van der Waals surface area contributed by atoms with E-state index < -0.39 is 35.7 Å². The second kappa shape index (κ2) is 7.36. The quantitative estimate of drug-likeness (QED) is 0.770. The Balaban J connectivity index is 1.78. The molecule has 0 aliphatic carbocycles. The van der Waals surface area contributed by atoms with Crippen molar-refractivity contribution in [2.45, 2.75) is 18.9 Å². The zero-order valence-electron chi connectivity index (χ0n) is 14.5. The van der Waals surface area contributed by atoms with Gasteiger partial charge in [-0.15, -0.1) is 0 Å². The number of rotatable bonds is 5. The number of carbonyl (C=O) groups is 3. The minimum atomic E-state index is -1.22. The molecule has 1 saturated heterocycles. The van der Waals surface area contributed by atoms with Crippen molar-refractivity contribution in [3.63, 3.8) is 0 Å². The monoisotopic (exact) mass is 389 g/mol. The number of benzene rings is 2. The lowest BCUT2D eigenvalue weighted by molar-refractivity contribution is -0.134. The number of hydrogen-bond acceptors (Lipinski definition) is 3. The van der Waals surface area contributed by atoms with Crippen LogP contribution in [-0.2, 0) is 15.1 Å². The molecule has 1 atom stereocenters. The van der Waals surface area contributed by atoms with E-state index in [1.165, 1.54) is 12.1 Å². The lowest BCUT2D eigenvalue weighted by atomic mass is 9.87. The zero-order valence-corrected chi connectivity index (χ0v) is 15.2. The van der Waals surface area contributed by atoms with Gasteiger partial charge in [0.2, 0.25) is 5.91 Å². The standard InChI is InChI=1S/C19H17ClFN3O3/c1-2-19(12-6-4-3-5-7-12)17(26)24(18(27)23-19)11-16(25)22-15-9-8-13(20)10-14(15)21/h3-10H,2,11H2,1H3,(H,22,25)(H,23,27)/t19-/m1/s1. The van der Waals surface area contributed by atoms with Gasteiger partial charge in [0.1, 0.15) is 17.9 Å². The summed E-state index contributed by atoms with van der Waals surface area (Å²) >= 11 is 5.68. The van der Waals surface area contributed by atoms with E-state index in [1.807, 2.05) is 0 Å². The minimum Gasteiger partial charge on any atom is -0.322 e. The van der Waals surface area contributed by atoms with Gasteiger partial charge in [0, 0.05) is 5.02 Å². The highest BCUT2D eigenvalue weighted by molar-refractivity contribution is 6.30. The number of carbonyl (C=O) groups excluding carboxylic acids is 3. The third-order valence-corrected chi connectivity index (χ3v) is 4.71. The summed E-state index contributed by atoms with van der Waals surface area (Å²) in [6.07, 6.45) is 0.325. The normalized spacial score (nSPS) is 19.1. The molecule has 0 spiro atoms. The Morgan fingerprint density at radius 3 is 2.56 bits per heavy atom. The molecule has 1 fully saturated rings. The van der Waals surface area contributed by atoms with Gasteiger partial charge >= 0.3 is 6.03 Å². The van der Waals surface area contributed by atoms with Crippen molar-refractivity contribution in [2.24, 2.45) is 0 Å². The summed E-state index contributed by atoms with van der Waals surface area (Å²) in [7, 11) is 0. The first-order valence-corrected chi connectivity index (χ1v) is 8.69. The molecule has 1 aliphatic rings. The number of amides is 4. The Labute approximate surface area is 160 Å². The number of anilines is 1. The molecule has 0 unspecified atom stereocenters. The van der Waals surface area contributed by atoms with Gasteiger partial charge in [0.05, 0.1) is 5.69 Å². The maximum atomic E-state index is 13.8. The third kappa shape index (κ3) is 3.50. The van der Waals surface area contributed by atoms with Gasteiger partial charge < -0.3 is 10.6 Å². The van der Waals surface area contributed by atoms with Gasteiger partial charge in [0.25, 0.3) is 5.91 Å². The SMILES string of the molecule is CC[C@]1(c2ccccc2)NC(=O)N(CC(=O)Nc2ccc(Cl)cc2F)C1=O. The number of urea groups is 1. The van der Waals surface area contributed by atoms with Crippen LogP contribution in [0.1, 0.15) is 18.9 Å². The molecule has 1 aliphatic heterocycles.